The predicted molar refractivity (Wildman–Crippen MR) is 128 cm³/mol. The molecule has 168 valence electrons. The molecule has 0 heterocycles. The average Bonchev–Trinajstić information content (AvgIpc) is 2.81. The molecule has 0 atom stereocenters. The van der Waals surface area contributed by atoms with E-state index in [1.807, 2.05) is 73.7 Å². The fraction of sp³-hybridized carbons (Fsp3) is 0.240. The van der Waals surface area contributed by atoms with E-state index >= 15 is 0 Å². The van der Waals surface area contributed by atoms with E-state index in [4.69, 9.17) is 21.1 Å². The van der Waals surface area contributed by atoms with Crippen molar-refractivity contribution in [2.45, 2.75) is 19.9 Å². The number of anilines is 1. The second kappa shape index (κ2) is 12.6. The molecule has 0 bridgehead atoms. The van der Waals surface area contributed by atoms with Crippen LogP contribution in [0.1, 0.15) is 18.1 Å². The maximum atomic E-state index is 12.2. The summed E-state index contributed by atoms with van der Waals surface area (Å²) in [7, 11) is 0. The molecule has 0 saturated carbocycles. The number of hydrazine groups is 1. The number of carbonyl (C=O) groups is 1. The van der Waals surface area contributed by atoms with E-state index in [-0.39, 0.29) is 12.5 Å². The van der Waals surface area contributed by atoms with Crippen molar-refractivity contribution in [3.8, 4) is 11.5 Å². The molecule has 3 N–H and O–H groups in total. The van der Waals surface area contributed by atoms with Crippen LogP contribution in [0.4, 0.5) is 5.69 Å². The largest absolute Gasteiger partial charge is 0.490 e. The van der Waals surface area contributed by atoms with Crippen LogP contribution in [0, 0.1) is 0 Å². The Kier molecular flexibility index (Phi) is 9.22. The summed E-state index contributed by atoms with van der Waals surface area (Å²) in [6.45, 7) is 3.27. The molecule has 0 saturated heterocycles. The number of ether oxygens (including phenoxy) is 2. The Bertz CT molecular complexity index is 984. The molecular weight excluding hydrogens is 426 g/mol. The van der Waals surface area contributed by atoms with Crippen LogP contribution >= 0.6 is 11.6 Å². The zero-order valence-electron chi connectivity index (χ0n) is 18.1. The Morgan fingerprint density at radius 1 is 0.938 bits per heavy atom. The second-order valence-electron chi connectivity index (χ2n) is 7.04. The van der Waals surface area contributed by atoms with Gasteiger partial charge in [-0.05, 0) is 42.7 Å². The van der Waals surface area contributed by atoms with Crippen LogP contribution < -0.4 is 25.6 Å². The van der Waals surface area contributed by atoms with E-state index in [1.54, 1.807) is 6.07 Å². The fourth-order valence-electron chi connectivity index (χ4n) is 3.04. The number of benzene rings is 3. The lowest BCUT2D eigenvalue weighted by molar-refractivity contribution is -0.123. The monoisotopic (exact) mass is 453 g/mol. The minimum Gasteiger partial charge on any atom is -0.490 e. The topological polar surface area (TPSA) is 71.6 Å². The molecule has 7 heteroatoms. The zero-order valence-corrected chi connectivity index (χ0v) is 18.8. The molecule has 0 aliphatic heterocycles. The minimum atomic E-state index is -0.197. The Morgan fingerprint density at radius 2 is 1.62 bits per heavy atom. The van der Waals surface area contributed by atoms with Gasteiger partial charge in [0.25, 0.3) is 5.91 Å². The van der Waals surface area contributed by atoms with Crippen molar-refractivity contribution >= 4 is 23.2 Å². The predicted octanol–water partition coefficient (Wildman–Crippen LogP) is 4.59. The van der Waals surface area contributed by atoms with Crippen LogP contribution in [0.5, 0.6) is 11.5 Å². The second-order valence-corrected chi connectivity index (χ2v) is 7.45. The first-order valence-corrected chi connectivity index (χ1v) is 11.0. The molecule has 0 aliphatic carbocycles. The Labute approximate surface area is 193 Å². The quantitative estimate of drug-likeness (QED) is 0.350. The first kappa shape index (κ1) is 23.4. The van der Waals surface area contributed by atoms with E-state index < -0.39 is 0 Å². The summed E-state index contributed by atoms with van der Waals surface area (Å²) in [4.78, 5) is 12.2. The number of amides is 1. The zero-order chi connectivity index (χ0) is 22.6. The van der Waals surface area contributed by atoms with Crippen molar-refractivity contribution < 1.29 is 14.3 Å². The van der Waals surface area contributed by atoms with E-state index in [2.05, 4.69) is 16.2 Å². The molecule has 0 aromatic heterocycles. The van der Waals surface area contributed by atoms with Crippen LogP contribution in [0.3, 0.4) is 0 Å². The molecule has 3 rings (SSSR count). The summed E-state index contributed by atoms with van der Waals surface area (Å²) in [5.41, 5.74) is 9.23. The SMILES string of the molecule is CCOc1cc(CNNc2ccccc2)c(Cl)cc1OCC(=O)NCCc1ccccc1. The third-order valence-electron chi connectivity index (χ3n) is 4.64. The third kappa shape index (κ3) is 7.48. The molecule has 6 nitrogen and oxygen atoms in total. The van der Waals surface area contributed by atoms with Gasteiger partial charge in [0.05, 0.1) is 6.61 Å². The van der Waals surface area contributed by atoms with Gasteiger partial charge in [0.15, 0.2) is 18.1 Å². The van der Waals surface area contributed by atoms with Gasteiger partial charge in [-0.3, -0.25) is 4.79 Å². The van der Waals surface area contributed by atoms with E-state index in [0.717, 1.165) is 17.7 Å². The standard InChI is InChI=1S/C25H28ClN3O3/c1-2-31-23-15-20(17-28-29-21-11-7-4-8-12-21)22(26)16-24(23)32-18-25(30)27-14-13-19-9-5-3-6-10-19/h3-12,15-16,28-29H,2,13-14,17-18H2,1H3,(H,27,30). The number of halogens is 1. The Morgan fingerprint density at radius 3 is 2.34 bits per heavy atom. The third-order valence-corrected chi connectivity index (χ3v) is 4.99. The number of para-hydroxylation sites is 1. The van der Waals surface area contributed by atoms with Crippen molar-refractivity contribution in [1.29, 1.82) is 0 Å². The highest BCUT2D eigenvalue weighted by molar-refractivity contribution is 6.31. The Balaban J connectivity index is 1.52. The van der Waals surface area contributed by atoms with Gasteiger partial charge in [-0.25, -0.2) is 5.43 Å². The van der Waals surface area contributed by atoms with Gasteiger partial charge in [-0.15, -0.1) is 0 Å². The average molecular weight is 454 g/mol. The molecule has 0 aliphatic rings. The number of hydrogen-bond acceptors (Lipinski definition) is 5. The van der Waals surface area contributed by atoms with Gasteiger partial charge in [0, 0.05) is 29.9 Å². The van der Waals surface area contributed by atoms with Crippen LogP contribution in [-0.2, 0) is 17.8 Å². The summed E-state index contributed by atoms with van der Waals surface area (Å²) in [6.07, 6.45) is 0.765. The van der Waals surface area contributed by atoms with E-state index in [0.29, 0.717) is 36.2 Å². The molecule has 0 radical (unpaired) electrons. The first-order chi connectivity index (χ1) is 15.7. The van der Waals surface area contributed by atoms with Crippen LogP contribution in [0.15, 0.2) is 72.8 Å². The van der Waals surface area contributed by atoms with Gasteiger partial charge in [-0.1, -0.05) is 60.1 Å². The maximum Gasteiger partial charge on any atom is 0.257 e. The molecule has 0 spiro atoms. The lowest BCUT2D eigenvalue weighted by Gasteiger charge is -2.16. The number of carbonyl (C=O) groups excluding carboxylic acids is 1. The molecule has 0 unspecified atom stereocenters. The van der Waals surface area contributed by atoms with Crippen molar-refractivity contribution in [3.63, 3.8) is 0 Å². The van der Waals surface area contributed by atoms with Crippen molar-refractivity contribution in [3.05, 3.63) is 88.9 Å². The summed E-state index contributed by atoms with van der Waals surface area (Å²) in [5, 5.41) is 3.39. The van der Waals surface area contributed by atoms with Crippen LogP contribution in [0.2, 0.25) is 5.02 Å². The summed E-state index contributed by atoms with van der Waals surface area (Å²) in [5.74, 6) is 0.789. The molecule has 3 aromatic carbocycles. The Hall–Kier alpha value is -3.22. The highest BCUT2D eigenvalue weighted by Crippen LogP contribution is 2.33. The van der Waals surface area contributed by atoms with Crippen molar-refractivity contribution in [1.82, 2.24) is 10.7 Å². The van der Waals surface area contributed by atoms with Gasteiger partial charge >= 0.3 is 0 Å². The highest BCUT2D eigenvalue weighted by atomic mass is 35.5. The summed E-state index contributed by atoms with van der Waals surface area (Å²) >= 11 is 6.45. The normalized spacial score (nSPS) is 10.4. The summed E-state index contributed by atoms with van der Waals surface area (Å²) in [6, 6.07) is 23.3. The number of nitrogens with one attached hydrogen (secondary N) is 3. The van der Waals surface area contributed by atoms with Crippen LogP contribution in [0.25, 0.3) is 0 Å². The van der Waals surface area contributed by atoms with Gasteiger partial charge in [-0.2, -0.15) is 0 Å². The molecule has 1 amide bonds. The smallest absolute Gasteiger partial charge is 0.257 e. The number of hydrogen-bond donors (Lipinski definition) is 3. The van der Waals surface area contributed by atoms with Crippen molar-refractivity contribution in [2.75, 3.05) is 25.2 Å². The molecule has 3 aromatic rings. The lowest BCUT2D eigenvalue weighted by Crippen LogP contribution is -2.30. The number of rotatable bonds is 12. The van der Waals surface area contributed by atoms with E-state index in [1.165, 1.54) is 5.56 Å². The van der Waals surface area contributed by atoms with Gasteiger partial charge < -0.3 is 20.2 Å². The van der Waals surface area contributed by atoms with Crippen molar-refractivity contribution in [2.24, 2.45) is 0 Å². The highest BCUT2D eigenvalue weighted by Gasteiger charge is 2.13. The van der Waals surface area contributed by atoms with Crippen LogP contribution in [-0.4, -0.2) is 25.7 Å². The molecular formula is C25H28ClN3O3. The summed E-state index contributed by atoms with van der Waals surface area (Å²) < 4.78 is 11.4. The minimum absolute atomic E-state index is 0.113. The first-order valence-electron chi connectivity index (χ1n) is 10.6. The lowest BCUT2D eigenvalue weighted by atomic mass is 10.1. The van der Waals surface area contributed by atoms with E-state index in [9.17, 15) is 4.79 Å². The van der Waals surface area contributed by atoms with Gasteiger partial charge in [0.1, 0.15) is 0 Å². The van der Waals surface area contributed by atoms with Gasteiger partial charge in [0.2, 0.25) is 0 Å². The molecule has 32 heavy (non-hydrogen) atoms. The maximum absolute atomic E-state index is 12.2. The fourth-order valence-corrected chi connectivity index (χ4v) is 3.26. The molecule has 0 fully saturated rings.